The molecule has 138 valence electrons. The van der Waals surface area contributed by atoms with Gasteiger partial charge in [-0.15, -0.1) is 0 Å². The van der Waals surface area contributed by atoms with Gasteiger partial charge < -0.3 is 4.90 Å². The maximum atomic E-state index is 4.48. The van der Waals surface area contributed by atoms with E-state index in [1.807, 2.05) is 55.4 Å². The molecule has 1 aliphatic heterocycles. The molecule has 0 aliphatic carbocycles. The van der Waals surface area contributed by atoms with Gasteiger partial charge in [-0.3, -0.25) is 9.97 Å². The van der Waals surface area contributed by atoms with Crippen molar-refractivity contribution < 1.29 is 0 Å². The number of fused-ring (bicyclic) bond motifs is 1. The van der Waals surface area contributed by atoms with Crippen LogP contribution in [0.25, 0.3) is 11.0 Å². The van der Waals surface area contributed by atoms with Crippen molar-refractivity contribution in [3.63, 3.8) is 0 Å². The molecule has 0 saturated carbocycles. The molecule has 0 unspecified atom stereocenters. The van der Waals surface area contributed by atoms with Crippen LogP contribution < -0.4 is 4.90 Å². The number of rotatable bonds is 1. The van der Waals surface area contributed by atoms with Crippen molar-refractivity contribution in [1.82, 2.24) is 9.97 Å². The second-order valence-corrected chi connectivity index (χ2v) is 4.35. The van der Waals surface area contributed by atoms with Crippen molar-refractivity contribution in [2.75, 3.05) is 18.0 Å². The third-order valence-electron chi connectivity index (χ3n) is 3.25. The van der Waals surface area contributed by atoms with E-state index in [2.05, 4.69) is 33.9 Å². The van der Waals surface area contributed by atoms with Gasteiger partial charge in [0.25, 0.3) is 0 Å². The molecule has 0 radical (unpaired) electrons. The largest absolute Gasteiger partial charge is 0.370 e. The van der Waals surface area contributed by atoms with Crippen LogP contribution in [0.3, 0.4) is 0 Å². The van der Waals surface area contributed by atoms with Gasteiger partial charge in [-0.25, -0.2) is 0 Å². The number of aryl methyl sites for hydroxylation is 1. The first-order valence-corrected chi connectivity index (χ1v) is 9.81. The van der Waals surface area contributed by atoms with Gasteiger partial charge in [0.05, 0.1) is 11.2 Å². The lowest BCUT2D eigenvalue weighted by molar-refractivity contribution is 0.949. The van der Waals surface area contributed by atoms with Crippen molar-refractivity contribution >= 4 is 16.7 Å². The lowest BCUT2D eigenvalue weighted by Crippen LogP contribution is -2.18. The minimum atomic E-state index is 1.03. The van der Waals surface area contributed by atoms with E-state index in [1.54, 1.807) is 12.4 Å². The summed E-state index contributed by atoms with van der Waals surface area (Å²) in [7, 11) is 0. The minimum absolute atomic E-state index is 1.03. The van der Waals surface area contributed by atoms with E-state index in [1.165, 1.54) is 24.1 Å². The average Bonchev–Trinajstić information content (AvgIpc) is 3.23. The van der Waals surface area contributed by atoms with E-state index in [9.17, 15) is 0 Å². The standard InChI is InChI=1S/C13H15N3.4C2H6/c1-10-4-5-11(16-8-2-3-9-16)13-12(10)14-6-7-15-13;4*1-2/h4-7H,2-3,8-9H2,1H3;4*1-2H3. The van der Waals surface area contributed by atoms with Crippen LogP contribution in [-0.4, -0.2) is 23.1 Å². The van der Waals surface area contributed by atoms with E-state index >= 15 is 0 Å². The summed E-state index contributed by atoms with van der Waals surface area (Å²) < 4.78 is 0. The number of hydrogen-bond acceptors (Lipinski definition) is 3. The van der Waals surface area contributed by atoms with E-state index < -0.39 is 0 Å². The molecule has 24 heavy (non-hydrogen) atoms. The molecular formula is C21H39N3. The first-order valence-electron chi connectivity index (χ1n) is 9.81. The molecule has 0 N–H and O–H groups in total. The van der Waals surface area contributed by atoms with Crippen LogP contribution in [0.2, 0.25) is 0 Å². The lowest BCUT2D eigenvalue weighted by Gasteiger charge is -2.19. The van der Waals surface area contributed by atoms with Crippen molar-refractivity contribution in [3.05, 3.63) is 30.1 Å². The number of aromatic nitrogens is 2. The van der Waals surface area contributed by atoms with Crippen molar-refractivity contribution in [1.29, 1.82) is 0 Å². The molecular weight excluding hydrogens is 294 g/mol. The van der Waals surface area contributed by atoms with E-state index in [4.69, 9.17) is 0 Å². The van der Waals surface area contributed by atoms with Crippen molar-refractivity contribution in [3.8, 4) is 0 Å². The topological polar surface area (TPSA) is 29.0 Å². The van der Waals surface area contributed by atoms with Crippen LogP contribution >= 0.6 is 0 Å². The van der Waals surface area contributed by atoms with E-state index in [0.717, 1.165) is 24.1 Å². The molecule has 2 aromatic rings. The summed E-state index contributed by atoms with van der Waals surface area (Å²) in [6.45, 7) is 20.4. The number of hydrogen-bond donors (Lipinski definition) is 0. The SMILES string of the molecule is CC.CC.CC.CC.Cc1ccc(N2CCCC2)c2nccnc12. The molecule has 1 aromatic carbocycles. The highest BCUT2D eigenvalue weighted by Crippen LogP contribution is 2.28. The van der Waals surface area contributed by atoms with Gasteiger partial charge >= 0.3 is 0 Å². The molecule has 0 atom stereocenters. The monoisotopic (exact) mass is 333 g/mol. The summed E-state index contributed by atoms with van der Waals surface area (Å²) in [6, 6.07) is 4.32. The van der Waals surface area contributed by atoms with Gasteiger partial charge in [-0.1, -0.05) is 61.5 Å². The zero-order valence-corrected chi connectivity index (χ0v) is 17.5. The quantitative estimate of drug-likeness (QED) is 0.585. The summed E-state index contributed by atoms with van der Waals surface area (Å²) in [5, 5.41) is 0. The number of benzene rings is 1. The molecule has 0 amide bonds. The molecule has 0 spiro atoms. The van der Waals surface area contributed by atoms with Gasteiger partial charge in [-0.2, -0.15) is 0 Å². The predicted molar refractivity (Wildman–Crippen MR) is 111 cm³/mol. The molecule has 1 aromatic heterocycles. The normalized spacial score (nSPS) is 11.6. The second kappa shape index (κ2) is 16.2. The fraction of sp³-hybridized carbons (Fsp3) is 0.619. The average molecular weight is 334 g/mol. The third-order valence-corrected chi connectivity index (χ3v) is 3.25. The summed E-state index contributed by atoms with van der Waals surface area (Å²) >= 11 is 0. The van der Waals surface area contributed by atoms with Crippen molar-refractivity contribution in [2.45, 2.75) is 75.2 Å². The van der Waals surface area contributed by atoms with Gasteiger partial charge in [0, 0.05) is 25.5 Å². The van der Waals surface area contributed by atoms with Gasteiger partial charge in [0.2, 0.25) is 0 Å². The van der Waals surface area contributed by atoms with Crippen LogP contribution in [0, 0.1) is 6.92 Å². The van der Waals surface area contributed by atoms with Crippen LogP contribution in [0.4, 0.5) is 5.69 Å². The summed E-state index contributed by atoms with van der Waals surface area (Å²) in [4.78, 5) is 11.3. The number of anilines is 1. The Labute approximate surface area is 150 Å². The third kappa shape index (κ3) is 6.86. The summed E-state index contributed by atoms with van der Waals surface area (Å²) in [5.74, 6) is 0. The Balaban J connectivity index is 0. The number of nitrogens with zero attached hydrogens (tertiary/aromatic N) is 3. The zero-order chi connectivity index (χ0) is 19.0. The summed E-state index contributed by atoms with van der Waals surface area (Å²) in [6.07, 6.45) is 6.12. The molecule has 1 fully saturated rings. The Morgan fingerprint density at radius 1 is 0.708 bits per heavy atom. The molecule has 1 saturated heterocycles. The van der Waals surface area contributed by atoms with Crippen LogP contribution in [0.1, 0.15) is 73.8 Å². The Morgan fingerprint density at radius 3 is 1.67 bits per heavy atom. The Bertz CT molecular complexity index is 517. The van der Waals surface area contributed by atoms with Gasteiger partial charge in [-0.05, 0) is 31.4 Å². The van der Waals surface area contributed by atoms with Crippen LogP contribution in [0.15, 0.2) is 24.5 Å². The molecule has 3 rings (SSSR count). The molecule has 2 heterocycles. The highest BCUT2D eigenvalue weighted by atomic mass is 15.1. The van der Waals surface area contributed by atoms with Crippen LogP contribution in [-0.2, 0) is 0 Å². The Kier molecular flexibility index (Phi) is 16.6. The summed E-state index contributed by atoms with van der Waals surface area (Å²) in [5.41, 5.74) is 4.52. The lowest BCUT2D eigenvalue weighted by atomic mass is 10.1. The fourth-order valence-electron chi connectivity index (χ4n) is 2.39. The van der Waals surface area contributed by atoms with Gasteiger partial charge in [0.1, 0.15) is 5.52 Å². The Morgan fingerprint density at radius 2 is 1.17 bits per heavy atom. The van der Waals surface area contributed by atoms with E-state index in [0.29, 0.717) is 0 Å². The molecule has 1 aliphatic rings. The second-order valence-electron chi connectivity index (χ2n) is 4.35. The molecule has 3 nitrogen and oxygen atoms in total. The highest BCUT2D eigenvalue weighted by Gasteiger charge is 2.16. The smallest absolute Gasteiger partial charge is 0.112 e. The maximum Gasteiger partial charge on any atom is 0.112 e. The molecule has 0 bridgehead atoms. The van der Waals surface area contributed by atoms with Gasteiger partial charge in [0.15, 0.2) is 0 Å². The fourth-order valence-corrected chi connectivity index (χ4v) is 2.39. The van der Waals surface area contributed by atoms with Crippen molar-refractivity contribution in [2.24, 2.45) is 0 Å². The predicted octanol–water partition coefficient (Wildman–Crippen LogP) is 6.64. The minimum Gasteiger partial charge on any atom is -0.370 e. The highest BCUT2D eigenvalue weighted by molar-refractivity contribution is 5.90. The first kappa shape index (κ1) is 24.6. The maximum absolute atomic E-state index is 4.48. The first-order chi connectivity index (χ1) is 11.9. The van der Waals surface area contributed by atoms with Crippen LogP contribution in [0.5, 0.6) is 0 Å². The van der Waals surface area contributed by atoms with E-state index in [-0.39, 0.29) is 0 Å². The molecule has 3 heteroatoms. The Hall–Kier alpha value is -1.64. The zero-order valence-electron chi connectivity index (χ0n) is 17.5.